The fourth-order valence-corrected chi connectivity index (χ4v) is 16.6. The van der Waals surface area contributed by atoms with Crippen LogP contribution in [-0.4, -0.2) is 3.21 Å². The number of rotatable bonds is 8. The molecule has 0 radical (unpaired) electrons. The number of benzene rings is 4. The third-order valence-corrected chi connectivity index (χ3v) is 18.6. The van der Waals surface area contributed by atoms with Gasteiger partial charge in [0.1, 0.15) is 0 Å². The zero-order valence-electron chi connectivity index (χ0n) is 29.5. The van der Waals surface area contributed by atoms with Crippen LogP contribution in [0.25, 0.3) is 11.1 Å². The van der Waals surface area contributed by atoms with Gasteiger partial charge < -0.3 is 0 Å². The Morgan fingerprint density at radius 1 is 0.696 bits per heavy atom. The minimum atomic E-state index is -2.54. The van der Waals surface area contributed by atoms with Gasteiger partial charge in [0.2, 0.25) is 0 Å². The molecule has 4 aromatic rings. The predicted octanol–water partition coefficient (Wildman–Crippen LogP) is 11.0. The van der Waals surface area contributed by atoms with Crippen LogP contribution in [0.2, 0.25) is 0 Å². The van der Waals surface area contributed by atoms with Crippen LogP contribution in [0.15, 0.2) is 100 Å². The standard InChI is InChI=1S/C23H29.C17H18.C5H5.Zr/c1-14-9-16-11-17-10-15(2)21(23(6,7)8)13-19(17)18(16)12-20(14)22(3,4)5;1-4-10-16(11-5-1)14-8-3-9-15-17-12-6-2-7-13-17;1-2-4-5-3-1;/h9,12-13H,11H2,1-8H3;1-2,4-7,10-13H,8-9,14-15H2;1-3H,4H2;. The second kappa shape index (κ2) is 13.3. The van der Waals surface area contributed by atoms with Crippen molar-refractivity contribution in [3.8, 4) is 11.1 Å². The Bertz CT molecular complexity index is 1790. The Labute approximate surface area is 286 Å². The number of hydrogen-bond donors (Lipinski definition) is 0. The Morgan fingerprint density at radius 2 is 1.26 bits per heavy atom. The molecule has 46 heavy (non-hydrogen) atoms. The first kappa shape index (κ1) is 33.0. The molecule has 2 aliphatic carbocycles. The van der Waals surface area contributed by atoms with Gasteiger partial charge in [-0.15, -0.1) is 0 Å². The van der Waals surface area contributed by atoms with Crippen LogP contribution < -0.4 is 3.27 Å². The maximum atomic E-state index is 2.61. The van der Waals surface area contributed by atoms with Gasteiger partial charge in [-0.3, -0.25) is 0 Å². The van der Waals surface area contributed by atoms with Gasteiger partial charge in [-0.2, -0.15) is 0 Å². The van der Waals surface area contributed by atoms with Crippen LogP contribution in [0.1, 0.15) is 105 Å². The summed E-state index contributed by atoms with van der Waals surface area (Å²) in [7, 11) is 0. The van der Waals surface area contributed by atoms with E-state index in [0.29, 0.717) is 0 Å². The summed E-state index contributed by atoms with van der Waals surface area (Å²) in [6, 6.07) is 30.1. The van der Waals surface area contributed by atoms with Crippen molar-refractivity contribution in [3.63, 3.8) is 0 Å². The Balaban J connectivity index is 1.60. The van der Waals surface area contributed by atoms with Crippen molar-refractivity contribution in [3.05, 3.63) is 145 Å². The summed E-state index contributed by atoms with van der Waals surface area (Å²) >= 11 is -2.54. The first-order chi connectivity index (χ1) is 21.9. The Hall–Kier alpha value is -2.89. The molecule has 0 aliphatic heterocycles. The van der Waals surface area contributed by atoms with Gasteiger partial charge in [0.25, 0.3) is 0 Å². The van der Waals surface area contributed by atoms with Crippen molar-refractivity contribution >= 4 is 6.48 Å². The van der Waals surface area contributed by atoms with Crippen molar-refractivity contribution in [2.75, 3.05) is 0 Å². The second-order valence-electron chi connectivity index (χ2n) is 15.7. The summed E-state index contributed by atoms with van der Waals surface area (Å²) in [5.41, 5.74) is 15.4. The fourth-order valence-electron chi connectivity index (χ4n) is 7.99. The van der Waals surface area contributed by atoms with Crippen LogP contribution in [0, 0.1) is 13.8 Å². The van der Waals surface area contributed by atoms with Crippen molar-refractivity contribution in [1.29, 1.82) is 0 Å². The molecule has 0 amide bonds. The average Bonchev–Trinajstić information content (AvgIpc) is 3.66. The summed E-state index contributed by atoms with van der Waals surface area (Å²) in [4.78, 5) is 0. The molecule has 0 heterocycles. The monoisotopic (exact) mass is 682 g/mol. The number of hydrogen-bond acceptors (Lipinski definition) is 0. The zero-order valence-corrected chi connectivity index (χ0v) is 31.9. The third-order valence-electron chi connectivity index (χ3n) is 10.2. The summed E-state index contributed by atoms with van der Waals surface area (Å²) in [6.07, 6.45) is 14.1. The maximum absolute atomic E-state index is 2.61. The summed E-state index contributed by atoms with van der Waals surface area (Å²) in [5, 5.41) is 0. The number of allylic oxidation sites excluding steroid dienone is 4. The average molecular weight is 684 g/mol. The van der Waals surface area contributed by atoms with Crippen molar-refractivity contribution < 1.29 is 21.3 Å². The van der Waals surface area contributed by atoms with E-state index in [1.165, 1.54) is 51.8 Å². The predicted molar refractivity (Wildman–Crippen MR) is 198 cm³/mol. The van der Waals surface area contributed by atoms with Gasteiger partial charge in [0.05, 0.1) is 0 Å². The van der Waals surface area contributed by atoms with Crippen LogP contribution in [0.3, 0.4) is 0 Å². The van der Waals surface area contributed by atoms with E-state index in [1.807, 2.05) is 3.21 Å². The van der Waals surface area contributed by atoms with Crippen molar-refractivity contribution in [2.45, 2.75) is 105 Å². The van der Waals surface area contributed by atoms with Crippen LogP contribution in [-0.2, 0) is 51.4 Å². The molecule has 0 aromatic heterocycles. The van der Waals surface area contributed by atoms with E-state index in [-0.39, 0.29) is 10.8 Å². The molecule has 0 bridgehead atoms. The SMILES string of the molecule is Cc1cc2c(cc1C(C)(C)C)-c1cc(C(C)(C)C)c(C)[c]([Zr]([C]3=CC=CC3)=[C](CCc3ccccc3)CCc3ccccc3)c1C2. The van der Waals surface area contributed by atoms with E-state index in [9.17, 15) is 0 Å². The molecule has 0 N–H and O–H groups in total. The van der Waals surface area contributed by atoms with Crippen LogP contribution in [0.5, 0.6) is 0 Å². The van der Waals surface area contributed by atoms with Gasteiger partial charge in [-0.25, -0.2) is 0 Å². The molecule has 0 spiro atoms. The number of aryl methyl sites for hydroxylation is 3. The van der Waals surface area contributed by atoms with E-state index in [4.69, 9.17) is 0 Å². The van der Waals surface area contributed by atoms with Crippen LogP contribution in [0.4, 0.5) is 0 Å². The van der Waals surface area contributed by atoms with E-state index in [1.54, 1.807) is 23.2 Å². The van der Waals surface area contributed by atoms with Crippen LogP contribution >= 0.6 is 0 Å². The molecule has 2 aliphatic rings. The molecule has 0 atom stereocenters. The Kier molecular flexibility index (Phi) is 9.56. The number of fused-ring (bicyclic) bond motifs is 3. The zero-order chi connectivity index (χ0) is 32.6. The summed E-state index contributed by atoms with van der Waals surface area (Å²) in [6.45, 7) is 19.2. The van der Waals surface area contributed by atoms with Gasteiger partial charge in [0.15, 0.2) is 0 Å². The molecular formula is C45H52Zr. The topological polar surface area (TPSA) is 0 Å². The molecule has 0 saturated heterocycles. The molecule has 1 heteroatoms. The quantitative estimate of drug-likeness (QED) is 0.153. The molecule has 0 unspecified atom stereocenters. The summed E-state index contributed by atoms with van der Waals surface area (Å²) < 4.78 is 5.43. The molecule has 0 nitrogen and oxygen atoms in total. The minimum absolute atomic E-state index is 0.0823. The van der Waals surface area contributed by atoms with Gasteiger partial charge in [-0.05, 0) is 0 Å². The van der Waals surface area contributed by atoms with E-state index in [2.05, 4.69) is 152 Å². The molecular weight excluding hydrogens is 632 g/mol. The van der Waals surface area contributed by atoms with Crippen molar-refractivity contribution in [1.82, 2.24) is 0 Å². The van der Waals surface area contributed by atoms with E-state index < -0.39 is 21.3 Å². The molecule has 0 saturated carbocycles. The Morgan fingerprint density at radius 3 is 1.78 bits per heavy atom. The van der Waals surface area contributed by atoms with Gasteiger partial charge in [-0.1, -0.05) is 0 Å². The van der Waals surface area contributed by atoms with Gasteiger partial charge in [0, 0.05) is 0 Å². The van der Waals surface area contributed by atoms with Crippen molar-refractivity contribution in [2.24, 2.45) is 0 Å². The normalized spacial score (nSPS) is 13.9. The van der Waals surface area contributed by atoms with Gasteiger partial charge >= 0.3 is 288 Å². The first-order valence-corrected chi connectivity index (χ1v) is 21.1. The molecule has 0 fully saturated rings. The summed E-state index contributed by atoms with van der Waals surface area (Å²) in [5.74, 6) is 0. The fraction of sp³-hybridized carbons (Fsp3) is 0.356. The molecule has 236 valence electrons. The first-order valence-electron chi connectivity index (χ1n) is 17.4. The molecule has 6 rings (SSSR count). The van der Waals surface area contributed by atoms with E-state index in [0.717, 1.165) is 25.7 Å². The van der Waals surface area contributed by atoms with E-state index >= 15 is 0 Å². The molecule has 4 aromatic carbocycles. The third kappa shape index (κ3) is 6.87. The second-order valence-corrected chi connectivity index (χ2v) is 22.1.